The standard InChI is InChI=1S/C17H20ClN5O/c1-4-24-10-14-22-15-16(11(2)12(3)21-17(15)18)23(14)20-9-13-6-5-7-19-8-13/h5-8,20H,4,9-10H2,1-3H3. The maximum atomic E-state index is 6.31. The minimum absolute atomic E-state index is 0.403. The van der Waals surface area contributed by atoms with Crippen molar-refractivity contribution in [2.24, 2.45) is 0 Å². The van der Waals surface area contributed by atoms with E-state index in [2.05, 4.69) is 20.4 Å². The van der Waals surface area contributed by atoms with Crippen LogP contribution in [0.1, 0.15) is 29.6 Å². The van der Waals surface area contributed by atoms with Gasteiger partial charge in [0, 0.05) is 24.7 Å². The van der Waals surface area contributed by atoms with Gasteiger partial charge in [-0.3, -0.25) is 4.98 Å². The molecule has 3 rings (SSSR count). The number of imidazole rings is 1. The molecule has 0 atom stereocenters. The largest absolute Gasteiger partial charge is 0.374 e. The number of pyridine rings is 2. The molecule has 0 fully saturated rings. The Morgan fingerprint density at radius 1 is 1.29 bits per heavy atom. The molecule has 0 aliphatic carbocycles. The lowest BCUT2D eigenvalue weighted by Crippen LogP contribution is -2.18. The first-order chi connectivity index (χ1) is 11.6. The molecule has 0 radical (unpaired) electrons. The highest BCUT2D eigenvalue weighted by atomic mass is 35.5. The van der Waals surface area contributed by atoms with E-state index in [0.717, 1.165) is 28.2 Å². The highest BCUT2D eigenvalue weighted by Crippen LogP contribution is 2.27. The predicted octanol–water partition coefficient (Wildman–Crippen LogP) is 3.38. The van der Waals surface area contributed by atoms with Crippen molar-refractivity contribution in [2.75, 3.05) is 12.0 Å². The molecular formula is C17H20ClN5O. The summed E-state index contributed by atoms with van der Waals surface area (Å²) in [6.45, 7) is 7.57. The molecule has 7 heteroatoms. The molecule has 126 valence electrons. The van der Waals surface area contributed by atoms with Crippen molar-refractivity contribution >= 4 is 22.6 Å². The van der Waals surface area contributed by atoms with Gasteiger partial charge in [-0.15, -0.1) is 0 Å². The van der Waals surface area contributed by atoms with Gasteiger partial charge in [0.05, 0.1) is 12.1 Å². The van der Waals surface area contributed by atoms with E-state index in [-0.39, 0.29) is 0 Å². The van der Waals surface area contributed by atoms with E-state index in [4.69, 9.17) is 16.3 Å². The zero-order valence-electron chi connectivity index (χ0n) is 14.0. The molecule has 3 heterocycles. The summed E-state index contributed by atoms with van der Waals surface area (Å²) in [5.41, 5.74) is 8.04. The minimum Gasteiger partial charge on any atom is -0.374 e. The maximum Gasteiger partial charge on any atom is 0.157 e. The fourth-order valence-corrected chi connectivity index (χ4v) is 2.80. The maximum absolute atomic E-state index is 6.31. The smallest absolute Gasteiger partial charge is 0.157 e. The van der Waals surface area contributed by atoms with Gasteiger partial charge in [0.15, 0.2) is 11.0 Å². The molecule has 0 aliphatic heterocycles. The lowest BCUT2D eigenvalue weighted by Gasteiger charge is -2.14. The zero-order chi connectivity index (χ0) is 17.1. The van der Waals surface area contributed by atoms with Crippen molar-refractivity contribution < 1.29 is 4.74 Å². The van der Waals surface area contributed by atoms with Crippen LogP contribution in [0.3, 0.4) is 0 Å². The summed E-state index contributed by atoms with van der Waals surface area (Å²) in [4.78, 5) is 13.1. The molecule has 0 unspecified atom stereocenters. The van der Waals surface area contributed by atoms with Crippen LogP contribution in [0.15, 0.2) is 24.5 Å². The number of rotatable bonds is 6. The van der Waals surface area contributed by atoms with Crippen LogP contribution in [-0.2, 0) is 17.9 Å². The summed E-state index contributed by atoms with van der Waals surface area (Å²) < 4.78 is 7.50. The van der Waals surface area contributed by atoms with Gasteiger partial charge in [-0.25, -0.2) is 14.6 Å². The van der Waals surface area contributed by atoms with Crippen LogP contribution in [0.2, 0.25) is 5.15 Å². The van der Waals surface area contributed by atoms with Gasteiger partial charge < -0.3 is 10.2 Å². The molecule has 0 aromatic carbocycles. The molecule has 3 aromatic rings. The Kier molecular flexibility index (Phi) is 4.97. The van der Waals surface area contributed by atoms with Gasteiger partial charge in [-0.05, 0) is 38.0 Å². The normalized spacial score (nSPS) is 11.2. The van der Waals surface area contributed by atoms with Gasteiger partial charge >= 0.3 is 0 Å². The van der Waals surface area contributed by atoms with E-state index in [9.17, 15) is 0 Å². The average molecular weight is 346 g/mol. The summed E-state index contributed by atoms with van der Waals surface area (Å²) in [6.07, 6.45) is 3.59. The molecule has 0 aliphatic rings. The second-order valence-corrected chi connectivity index (χ2v) is 5.86. The van der Waals surface area contributed by atoms with Crippen LogP contribution >= 0.6 is 11.6 Å². The first-order valence-electron chi connectivity index (χ1n) is 7.86. The Morgan fingerprint density at radius 2 is 2.12 bits per heavy atom. The van der Waals surface area contributed by atoms with E-state index >= 15 is 0 Å². The van der Waals surface area contributed by atoms with E-state index < -0.39 is 0 Å². The Labute approximate surface area is 145 Å². The number of aryl methyl sites for hydroxylation is 2. The molecule has 0 bridgehead atoms. The SMILES string of the molecule is CCOCc1nc2c(Cl)nc(C)c(C)c2n1NCc1cccnc1. The van der Waals surface area contributed by atoms with Crippen molar-refractivity contribution in [1.82, 2.24) is 19.6 Å². The van der Waals surface area contributed by atoms with Crippen LogP contribution < -0.4 is 5.43 Å². The van der Waals surface area contributed by atoms with Crippen LogP contribution in [0.5, 0.6) is 0 Å². The fourth-order valence-electron chi connectivity index (χ4n) is 2.55. The predicted molar refractivity (Wildman–Crippen MR) is 94.6 cm³/mol. The third-order valence-corrected chi connectivity index (χ3v) is 4.17. The Morgan fingerprint density at radius 3 is 2.83 bits per heavy atom. The zero-order valence-corrected chi connectivity index (χ0v) is 14.8. The van der Waals surface area contributed by atoms with E-state index in [1.807, 2.05) is 43.8 Å². The van der Waals surface area contributed by atoms with Crippen molar-refractivity contribution in [1.29, 1.82) is 0 Å². The molecule has 0 spiro atoms. The van der Waals surface area contributed by atoms with E-state index in [1.165, 1.54) is 0 Å². The van der Waals surface area contributed by atoms with Crippen LogP contribution in [0.4, 0.5) is 0 Å². The van der Waals surface area contributed by atoms with Crippen LogP contribution in [0.25, 0.3) is 11.0 Å². The Hall–Kier alpha value is -2.18. The highest BCUT2D eigenvalue weighted by molar-refractivity contribution is 6.33. The van der Waals surface area contributed by atoms with Crippen LogP contribution in [-0.4, -0.2) is 26.2 Å². The topological polar surface area (TPSA) is 64.9 Å². The van der Waals surface area contributed by atoms with Gasteiger partial charge in [-0.2, -0.15) is 0 Å². The molecule has 0 saturated heterocycles. The molecule has 0 saturated carbocycles. The number of aromatic nitrogens is 4. The van der Waals surface area contributed by atoms with E-state index in [1.54, 1.807) is 6.20 Å². The molecular weight excluding hydrogens is 326 g/mol. The number of halogens is 1. The lowest BCUT2D eigenvalue weighted by atomic mass is 10.2. The van der Waals surface area contributed by atoms with E-state index in [0.29, 0.717) is 30.4 Å². The first kappa shape index (κ1) is 16.7. The van der Waals surface area contributed by atoms with Gasteiger partial charge in [0.1, 0.15) is 12.1 Å². The third-order valence-electron chi connectivity index (χ3n) is 3.91. The number of fused-ring (bicyclic) bond motifs is 1. The number of hydrogen-bond donors (Lipinski definition) is 1. The van der Waals surface area contributed by atoms with Crippen LogP contribution in [0, 0.1) is 13.8 Å². The van der Waals surface area contributed by atoms with Gasteiger partial charge in [0.2, 0.25) is 0 Å². The molecule has 1 N–H and O–H groups in total. The second-order valence-electron chi connectivity index (χ2n) is 5.51. The minimum atomic E-state index is 0.403. The fraction of sp³-hybridized carbons (Fsp3) is 0.353. The van der Waals surface area contributed by atoms with Gasteiger partial charge in [0.25, 0.3) is 0 Å². The molecule has 0 amide bonds. The van der Waals surface area contributed by atoms with Crippen molar-refractivity contribution in [3.05, 3.63) is 52.3 Å². The third kappa shape index (κ3) is 3.20. The summed E-state index contributed by atoms with van der Waals surface area (Å²) in [7, 11) is 0. The van der Waals surface area contributed by atoms with Crippen molar-refractivity contribution in [3.8, 4) is 0 Å². The summed E-state index contributed by atoms with van der Waals surface area (Å²) in [6, 6.07) is 3.94. The molecule has 24 heavy (non-hydrogen) atoms. The average Bonchev–Trinajstić information content (AvgIpc) is 2.96. The number of ether oxygens (including phenoxy) is 1. The number of nitrogens with zero attached hydrogens (tertiary/aromatic N) is 4. The highest BCUT2D eigenvalue weighted by Gasteiger charge is 2.18. The number of nitrogens with one attached hydrogen (secondary N) is 1. The summed E-state index contributed by atoms with van der Waals surface area (Å²) in [5.74, 6) is 0.771. The molecule has 3 aromatic heterocycles. The molecule has 6 nitrogen and oxygen atoms in total. The number of hydrogen-bond acceptors (Lipinski definition) is 5. The van der Waals surface area contributed by atoms with Crippen molar-refractivity contribution in [2.45, 2.75) is 33.9 Å². The summed E-state index contributed by atoms with van der Waals surface area (Å²) in [5, 5.41) is 0.410. The second kappa shape index (κ2) is 7.15. The van der Waals surface area contributed by atoms with Gasteiger partial charge in [-0.1, -0.05) is 17.7 Å². The van der Waals surface area contributed by atoms with Crippen molar-refractivity contribution in [3.63, 3.8) is 0 Å². The Balaban J connectivity index is 2.04. The lowest BCUT2D eigenvalue weighted by molar-refractivity contribution is 0.127. The first-order valence-corrected chi connectivity index (χ1v) is 8.24. The Bertz CT molecular complexity index is 847. The summed E-state index contributed by atoms with van der Waals surface area (Å²) >= 11 is 6.31. The monoisotopic (exact) mass is 345 g/mol. The quantitative estimate of drug-likeness (QED) is 0.694.